The quantitative estimate of drug-likeness (QED) is 0.317. The van der Waals surface area contributed by atoms with Crippen LogP contribution in [0.2, 0.25) is 5.02 Å². The summed E-state index contributed by atoms with van der Waals surface area (Å²) in [5, 5.41) is 5.56. The van der Waals surface area contributed by atoms with Crippen molar-refractivity contribution in [2.24, 2.45) is 0 Å². The van der Waals surface area contributed by atoms with Crippen LogP contribution in [0.25, 0.3) is 22.1 Å². The number of aromatic nitrogens is 4. The minimum absolute atomic E-state index is 0.00630. The molecular weight excluding hydrogens is 483 g/mol. The molecule has 2 aromatic heterocycles. The molecule has 0 N–H and O–H groups in total. The second-order valence-electron chi connectivity index (χ2n) is 8.17. The maximum absolute atomic E-state index is 14.4. The normalized spacial score (nSPS) is 11.3. The lowest BCUT2D eigenvalue weighted by molar-refractivity contribution is 0.0989. The van der Waals surface area contributed by atoms with Crippen LogP contribution in [0.1, 0.15) is 18.3 Å². The lowest BCUT2D eigenvalue weighted by Gasteiger charge is -2.10. The summed E-state index contributed by atoms with van der Waals surface area (Å²) in [5.41, 5.74) is 0.798. The number of nitrogens with zero attached hydrogens (tertiary/aromatic N) is 4. The molecule has 2 heterocycles. The molecule has 182 valence electrons. The highest BCUT2D eigenvalue weighted by molar-refractivity contribution is 6.32. The number of fused-ring (bicyclic) bond motifs is 1. The Balaban J connectivity index is 1.48. The number of hydrogen-bond donors (Lipinski definition) is 0. The van der Waals surface area contributed by atoms with Crippen LogP contribution in [-0.4, -0.2) is 18.9 Å². The molecule has 5 aromatic rings. The van der Waals surface area contributed by atoms with Gasteiger partial charge < -0.3 is 4.74 Å². The summed E-state index contributed by atoms with van der Waals surface area (Å²) in [6.45, 7) is 2.88. The van der Waals surface area contributed by atoms with E-state index in [-0.39, 0.29) is 23.0 Å². The number of benzene rings is 3. The van der Waals surface area contributed by atoms with Gasteiger partial charge in [0.2, 0.25) is 0 Å². The average molecular weight is 505 g/mol. The SMILES string of the molecule is CCn1c(COCc2ccccc2)nn(-c2ccc3c(=O)n(-c4c(F)cccc4Cl)ccc3c2)c1=O. The van der Waals surface area contributed by atoms with E-state index in [2.05, 4.69) is 5.10 Å². The third-order valence-corrected chi connectivity index (χ3v) is 6.21. The topological polar surface area (TPSA) is 71.0 Å². The Morgan fingerprint density at radius 3 is 2.53 bits per heavy atom. The molecule has 0 aliphatic heterocycles. The van der Waals surface area contributed by atoms with Crippen LogP contribution >= 0.6 is 11.6 Å². The predicted octanol–water partition coefficient (Wildman–Crippen LogP) is 4.87. The van der Waals surface area contributed by atoms with Crippen molar-refractivity contribution in [2.75, 3.05) is 0 Å². The molecule has 0 atom stereocenters. The van der Waals surface area contributed by atoms with Crippen LogP contribution < -0.4 is 11.2 Å². The van der Waals surface area contributed by atoms with Crippen molar-refractivity contribution in [3.8, 4) is 11.4 Å². The van der Waals surface area contributed by atoms with E-state index < -0.39 is 11.4 Å². The van der Waals surface area contributed by atoms with E-state index >= 15 is 0 Å². The maximum atomic E-state index is 14.4. The van der Waals surface area contributed by atoms with Crippen molar-refractivity contribution in [3.05, 3.63) is 122 Å². The van der Waals surface area contributed by atoms with Gasteiger partial charge in [-0.25, -0.2) is 9.18 Å². The zero-order valence-electron chi connectivity index (χ0n) is 19.4. The summed E-state index contributed by atoms with van der Waals surface area (Å²) >= 11 is 6.15. The Bertz CT molecular complexity index is 1650. The van der Waals surface area contributed by atoms with Crippen LogP contribution in [0, 0.1) is 5.82 Å². The summed E-state index contributed by atoms with van der Waals surface area (Å²) in [4.78, 5) is 26.2. The lowest BCUT2D eigenvalue weighted by atomic mass is 10.1. The number of para-hydroxylation sites is 1. The molecule has 7 nitrogen and oxygen atoms in total. The summed E-state index contributed by atoms with van der Waals surface area (Å²) in [6, 6.07) is 20.6. The monoisotopic (exact) mass is 504 g/mol. The fraction of sp³-hybridized carbons (Fsp3) is 0.148. The number of rotatable bonds is 7. The Morgan fingerprint density at radius 1 is 0.972 bits per heavy atom. The zero-order valence-corrected chi connectivity index (χ0v) is 20.2. The van der Waals surface area contributed by atoms with Crippen molar-refractivity contribution in [2.45, 2.75) is 26.7 Å². The molecule has 0 saturated heterocycles. The van der Waals surface area contributed by atoms with Gasteiger partial charge in [0.05, 0.1) is 17.3 Å². The smallest absolute Gasteiger partial charge is 0.350 e. The minimum Gasteiger partial charge on any atom is -0.369 e. The number of pyridine rings is 1. The first-order valence-corrected chi connectivity index (χ1v) is 11.8. The second kappa shape index (κ2) is 9.93. The van der Waals surface area contributed by atoms with Gasteiger partial charge in [0.1, 0.15) is 18.1 Å². The van der Waals surface area contributed by atoms with Crippen LogP contribution in [0.4, 0.5) is 4.39 Å². The Morgan fingerprint density at radius 2 is 1.78 bits per heavy atom. The van der Waals surface area contributed by atoms with E-state index in [1.54, 1.807) is 28.8 Å². The largest absolute Gasteiger partial charge is 0.369 e. The standard InChI is InChI=1S/C27H22ClFN4O3/c1-2-31-24(17-36-16-18-7-4-3-5-8-18)30-33(27(31)35)20-11-12-21-19(15-20)13-14-32(26(21)34)25-22(28)9-6-10-23(25)29/h3-15H,2,16-17H2,1H3. The van der Waals surface area contributed by atoms with E-state index in [0.29, 0.717) is 35.4 Å². The molecule has 36 heavy (non-hydrogen) atoms. The van der Waals surface area contributed by atoms with Gasteiger partial charge in [-0.2, -0.15) is 4.68 Å². The van der Waals surface area contributed by atoms with Crippen LogP contribution in [-0.2, 0) is 24.5 Å². The predicted molar refractivity (Wildman–Crippen MR) is 137 cm³/mol. The van der Waals surface area contributed by atoms with Gasteiger partial charge in [0.25, 0.3) is 5.56 Å². The van der Waals surface area contributed by atoms with Gasteiger partial charge in [-0.15, -0.1) is 5.10 Å². The van der Waals surface area contributed by atoms with E-state index in [1.165, 1.54) is 33.6 Å². The fourth-order valence-electron chi connectivity index (χ4n) is 4.13. The van der Waals surface area contributed by atoms with Crippen molar-refractivity contribution in [1.29, 1.82) is 0 Å². The van der Waals surface area contributed by atoms with Gasteiger partial charge in [0, 0.05) is 18.1 Å². The third kappa shape index (κ3) is 4.36. The Hall–Kier alpha value is -4.01. The summed E-state index contributed by atoms with van der Waals surface area (Å²) in [7, 11) is 0. The molecule has 0 radical (unpaired) electrons. The van der Waals surface area contributed by atoms with Crippen molar-refractivity contribution in [3.63, 3.8) is 0 Å². The molecule has 0 aliphatic rings. The van der Waals surface area contributed by atoms with E-state index in [9.17, 15) is 14.0 Å². The van der Waals surface area contributed by atoms with Gasteiger partial charge in [-0.1, -0.05) is 48.0 Å². The lowest BCUT2D eigenvalue weighted by Crippen LogP contribution is -2.24. The van der Waals surface area contributed by atoms with E-state index in [0.717, 1.165) is 5.56 Å². The molecule has 0 unspecified atom stereocenters. The first-order valence-electron chi connectivity index (χ1n) is 11.4. The highest BCUT2D eigenvalue weighted by Gasteiger charge is 2.16. The van der Waals surface area contributed by atoms with Crippen LogP contribution in [0.15, 0.2) is 88.6 Å². The van der Waals surface area contributed by atoms with E-state index in [1.807, 2.05) is 37.3 Å². The van der Waals surface area contributed by atoms with E-state index in [4.69, 9.17) is 16.3 Å². The summed E-state index contributed by atoms with van der Waals surface area (Å²) in [5.74, 6) is -0.0950. The highest BCUT2D eigenvalue weighted by Crippen LogP contribution is 2.23. The molecule has 0 saturated carbocycles. The number of ether oxygens (including phenoxy) is 1. The third-order valence-electron chi connectivity index (χ3n) is 5.91. The number of halogens is 2. The van der Waals surface area contributed by atoms with Gasteiger partial charge in [-0.05, 0) is 54.3 Å². The molecule has 0 aliphatic carbocycles. The van der Waals surface area contributed by atoms with Crippen molar-refractivity contribution < 1.29 is 9.13 Å². The molecule has 0 fully saturated rings. The Kier molecular flexibility index (Phi) is 6.54. The summed E-state index contributed by atoms with van der Waals surface area (Å²) < 4.78 is 24.2. The molecule has 0 amide bonds. The molecule has 0 bridgehead atoms. The van der Waals surface area contributed by atoms with Gasteiger partial charge in [-0.3, -0.25) is 13.9 Å². The fourth-order valence-corrected chi connectivity index (χ4v) is 4.38. The first-order chi connectivity index (χ1) is 17.5. The van der Waals surface area contributed by atoms with Crippen molar-refractivity contribution in [1.82, 2.24) is 18.9 Å². The minimum atomic E-state index is -0.598. The van der Waals surface area contributed by atoms with Gasteiger partial charge in [0.15, 0.2) is 5.82 Å². The zero-order chi connectivity index (χ0) is 25.2. The molecule has 3 aromatic carbocycles. The molecule has 5 rings (SSSR count). The Labute approximate surface area is 210 Å². The van der Waals surface area contributed by atoms with Crippen molar-refractivity contribution >= 4 is 22.4 Å². The second-order valence-corrected chi connectivity index (χ2v) is 8.57. The number of hydrogen-bond acceptors (Lipinski definition) is 4. The summed E-state index contributed by atoms with van der Waals surface area (Å²) in [6.07, 6.45) is 1.47. The van der Waals surface area contributed by atoms with Crippen LogP contribution in [0.3, 0.4) is 0 Å². The molecule has 0 spiro atoms. The van der Waals surface area contributed by atoms with Gasteiger partial charge >= 0.3 is 5.69 Å². The highest BCUT2D eigenvalue weighted by atomic mass is 35.5. The maximum Gasteiger partial charge on any atom is 0.350 e. The van der Waals surface area contributed by atoms with Crippen LogP contribution in [0.5, 0.6) is 0 Å². The molecule has 9 heteroatoms. The molecular formula is C27H22ClFN4O3. The first kappa shape index (κ1) is 23.7. The average Bonchev–Trinajstić information content (AvgIpc) is 3.20.